The molecule has 2 N–H and O–H groups in total. The van der Waals surface area contributed by atoms with Gasteiger partial charge in [0.05, 0.1) is 19.3 Å². The molecule has 0 fully saturated rings. The smallest absolute Gasteiger partial charge is 0.128 e. The highest BCUT2D eigenvalue weighted by atomic mass is 19.1. The standard InChI is InChI=1S/C13H20FNO2/c1-3-16-8-10(2)17-9-12-6-11(7-15)4-5-13(12)14/h4-6,10H,3,7-9,15H2,1-2H3. The molecule has 0 heterocycles. The highest BCUT2D eigenvalue weighted by Crippen LogP contribution is 2.12. The topological polar surface area (TPSA) is 44.5 Å². The van der Waals surface area contributed by atoms with Gasteiger partial charge < -0.3 is 15.2 Å². The van der Waals surface area contributed by atoms with Crippen molar-refractivity contribution in [1.82, 2.24) is 0 Å². The van der Waals surface area contributed by atoms with Crippen molar-refractivity contribution in [2.24, 2.45) is 5.73 Å². The van der Waals surface area contributed by atoms with E-state index in [1.807, 2.05) is 13.8 Å². The van der Waals surface area contributed by atoms with E-state index in [1.165, 1.54) is 6.07 Å². The second kappa shape index (κ2) is 7.37. The van der Waals surface area contributed by atoms with Gasteiger partial charge in [-0.15, -0.1) is 0 Å². The molecule has 3 nitrogen and oxygen atoms in total. The molecule has 1 rings (SSSR count). The van der Waals surface area contributed by atoms with Gasteiger partial charge in [-0.2, -0.15) is 0 Å². The van der Waals surface area contributed by atoms with Crippen molar-refractivity contribution in [2.75, 3.05) is 13.2 Å². The summed E-state index contributed by atoms with van der Waals surface area (Å²) in [4.78, 5) is 0. The van der Waals surface area contributed by atoms with Crippen molar-refractivity contribution in [3.63, 3.8) is 0 Å². The van der Waals surface area contributed by atoms with Crippen LogP contribution in [-0.4, -0.2) is 19.3 Å². The summed E-state index contributed by atoms with van der Waals surface area (Å²) in [7, 11) is 0. The Balaban J connectivity index is 2.50. The lowest BCUT2D eigenvalue weighted by atomic mass is 10.1. The number of halogens is 1. The Morgan fingerprint density at radius 3 is 2.82 bits per heavy atom. The molecule has 1 aromatic carbocycles. The molecule has 1 aromatic rings. The predicted octanol–water partition coefficient (Wildman–Crippen LogP) is 2.23. The number of hydrogen-bond acceptors (Lipinski definition) is 3. The molecule has 0 aliphatic carbocycles. The summed E-state index contributed by atoms with van der Waals surface area (Å²) in [6, 6.07) is 4.85. The van der Waals surface area contributed by atoms with Crippen LogP contribution in [0.5, 0.6) is 0 Å². The maximum Gasteiger partial charge on any atom is 0.128 e. The minimum Gasteiger partial charge on any atom is -0.379 e. The van der Waals surface area contributed by atoms with E-state index in [-0.39, 0.29) is 18.5 Å². The van der Waals surface area contributed by atoms with Crippen LogP contribution in [0.25, 0.3) is 0 Å². The molecular formula is C13H20FNO2. The third kappa shape index (κ3) is 4.81. The van der Waals surface area contributed by atoms with Crippen LogP contribution in [0.3, 0.4) is 0 Å². The molecule has 1 atom stereocenters. The Morgan fingerprint density at radius 2 is 2.18 bits per heavy atom. The van der Waals surface area contributed by atoms with Crippen LogP contribution in [-0.2, 0) is 22.6 Å². The average molecular weight is 241 g/mol. The van der Waals surface area contributed by atoms with E-state index in [0.29, 0.717) is 25.3 Å². The van der Waals surface area contributed by atoms with E-state index in [1.54, 1.807) is 12.1 Å². The van der Waals surface area contributed by atoms with Gasteiger partial charge in [-0.05, 0) is 31.5 Å². The lowest BCUT2D eigenvalue weighted by molar-refractivity contribution is -0.0125. The third-order valence-electron chi connectivity index (χ3n) is 2.43. The number of rotatable bonds is 7. The second-order valence-corrected chi connectivity index (χ2v) is 3.91. The van der Waals surface area contributed by atoms with E-state index in [4.69, 9.17) is 15.2 Å². The summed E-state index contributed by atoms with van der Waals surface area (Å²) >= 11 is 0. The fraction of sp³-hybridized carbons (Fsp3) is 0.538. The first kappa shape index (κ1) is 14.1. The van der Waals surface area contributed by atoms with Gasteiger partial charge in [-0.25, -0.2) is 4.39 Å². The quantitative estimate of drug-likeness (QED) is 0.796. The fourth-order valence-electron chi connectivity index (χ4n) is 1.43. The van der Waals surface area contributed by atoms with Crippen molar-refractivity contribution in [2.45, 2.75) is 33.1 Å². The highest BCUT2D eigenvalue weighted by molar-refractivity contribution is 5.24. The van der Waals surface area contributed by atoms with Gasteiger partial charge >= 0.3 is 0 Å². The summed E-state index contributed by atoms with van der Waals surface area (Å²) < 4.78 is 24.2. The van der Waals surface area contributed by atoms with Crippen LogP contribution in [0.2, 0.25) is 0 Å². The van der Waals surface area contributed by atoms with Gasteiger partial charge in [0.1, 0.15) is 5.82 Å². The van der Waals surface area contributed by atoms with Crippen molar-refractivity contribution >= 4 is 0 Å². The number of hydrogen-bond donors (Lipinski definition) is 1. The summed E-state index contributed by atoms with van der Waals surface area (Å²) in [6.45, 7) is 5.66. The molecule has 1 unspecified atom stereocenters. The molecule has 96 valence electrons. The van der Waals surface area contributed by atoms with E-state index >= 15 is 0 Å². The van der Waals surface area contributed by atoms with Gasteiger partial charge in [0.2, 0.25) is 0 Å². The van der Waals surface area contributed by atoms with Crippen molar-refractivity contribution in [3.05, 3.63) is 35.1 Å². The zero-order valence-corrected chi connectivity index (χ0v) is 10.4. The lowest BCUT2D eigenvalue weighted by Gasteiger charge is -2.13. The van der Waals surface area contributed by atoms with Gasteiger partial charge in [0, 0.05) is 18.7 Å². The molecule has 0 amide bonds. The summed E-state index contributed by atoms with van der Waals surface area (Å²) in [5.41, 5.74) is 6.95. The second-order valence-electron chi connectivity index (χ2n) is 3.91. The maximum absolute atomic E-state index is 13.5. The van der Waals surface area contributed by atoms with E-state index in [0.717, 1.165) is 5.56 Å². The normalized spacial score (nSPS) is 12.7. The zero-order chi connectivity index (χ0) is 12.7. The molecule has 0 radical (unpaired) electrons. The number of nitrogens with two attached hydrogens (primary N) is 1. The Labute approximate surface area is 102 Å². The van der Waals surface area contributed by atoms with Crippen LogP contribution in [0.4, 0.5) is 4.39 Å². The molecule has 0 spiro atoms. The predicted molar refractivity (Wildman–Crippen MR) is 65.0 cm³/mol. The Morgan fingerprint density at radius 1 is 1.41 bits per heavy atom. The first-order valence-electron chi connectivity index (χ1n) is 5.84. The first-order valence-corrected chi connectivity index (χ1v) is 5.84. The van der Waals surface area contributed by atoms with Crippen molar-refractivity contribution in [3.8, 4) is 0 Å². The van der Waals surface area contributed by atoms with Crippen LogP contribution in [0.15, 0.2) is 18.2 Å². The average Bonchev–Trinajstić information content (AvgIpc) is 2.35. The Bertz CT molecular complexity index is 344. The van der Waals surface area contributed by atoms with Crippen LogP contribution < -0.4 is 5.73 Å². The molecule has 0 aliphatic rings. The fourth-order valence-corrected chi connectivity index (χ4v) is 1.43. The van der Waals surface area contributed by atoms with Gasteiger partial charge in [-0.3, -0.25) is 0 Å². The molecule has 0 saturated heterocycles. The van der Waals surface area contributed by atoms with Gasteiger partial charge in [0.15, 0.2) is 0 Å². The van der Waals surface area contributed by atoms with Crippen molar-refractivity contribution in [1.29, 1.82) is 0 Å². The minimum atomic E-state index is -0.259. The molecule has 17 heavy (non-hydrogen) atoms. The van der Waals surface area contributed by atoms with Crippen LogP contribution >= 0.6 is 0 Å². The monoisotopic (exact) mass is 241 g/mol. The molecule has 0 aromatic heterocycles. The van der Waals surface area contributed by atoms with E-state index < -0.39 is 0 Å². The molecule has 0 aliphatic heterocycles. The first-order chi connectivity index (χ1) is 8.17. The lowest BCUT2D eigenvalue weighted by Crippen LogP contribution is -2.16. The summed E-state index contributed by atoms with van der Waals surface area (Å²) in [6.07, 6.45) is -0.0455. The Hall–Kier alpha value is -0.970. The third-order valence-corrected chi connectivity index (χ3v) is 2.43. The zero-order valence-electron chi connectivity index (χ0n) is 10.4. The highest BCUT2D eigenvalue weighted by Gasteiger charge is 2.07. The van der Waals surface area contributed by atoms with Crippen molar-refractivity contribution < 1.29 is 13.9 Å². The SMILES string of the molecule is CCOCC(C)OCc1cc(CN)ccc1F. The van der Waals surface area contributed by atoms with E-state index in [2.05, 4.69) is 0 Å². The summed E-state index contributed by atoms with van der Waals surface area (Å²) in [5, 5.41) is 0. The van der Waals surface area contributed by atoms with Crippen LogP contribution in [0.1, 0.15) is 25.0 Å². The van der Waals surface area contributed by atoms with E-state index in [9.17, 15) is 4.39 Å². The molecule has 4 heteroatoms. The van der Waals surface area contributed by atoms with Crippen LogP contribution in [0, 0.1) is 5.82 Å². The number of ether oxygens (including phenoxy) is 2. The largest absolute Gasteiger partial charge is 0.379 e. The number of benzene rings is 1. The van der Waals surface area contributed by atoms with Gasteiger partial charge in [-0.1, -0.05) is 6.07 Å². The molecular weight excluding hydrogens is 221 g/mol. The molecule has 0 saturated carbocycles. The molecule has 0 bridgehead atoms. The Kier molecular flexibility index (Phi) is 6.11. The minimum absolute atomic E-state index is 0.0455. The maximum atomic E-state index is 13.5. The van der Waals surface area contributed by atoms with Gasteiger partial charge in [0.25, 0.3) is 0 Å². The summed E-state index contributed by atoms with van der Waals surface area (Å²) in [5.74, 6) is -0.259.